The van der Waals surface area contributed by atoms with E-state index in [0.29, 0.717) is 18.4 Å². The van der Waals surface area contributed by atoms with E-state index in [0.717, 1.165) is 5.56 Å². The number of hydrogen-bond acceptors (Lipinski definition) is 3. The number of carbonyl (C=O) groups is 2. The first-order chi connectivity index (χ1) is 10.7. The molecule has 1 aromatic rings. The molecule has 0 saturated carbocycles. The molecule has 23 heavy (non-hydrogen) atoms. The van der Waals surface area contributed by atoms with Crippen LogP contribution in [0.3, 0.4) is 0 Å². The average Bonchev–Trinajstić information content (AvgIpc) is 2.49. The molecule has 0 bridgehead atoms. The zero-order valence-electron chi connectivity index (χ0n) is 14.5. The van der Waals surface area contributed by atoms with Gasteiger partial charge in [0.05, 0.1) is 6.54 Å². The first-order valence-corrected chi connectivity index (χ1v) is 8.03. The molecule has 0 aliphatic rings. The number of rotatable bonds is 7. The van der Waals surface area contributed by atoms with E-state index in [4.69, 9.17) is 5.11 Å². The fourth-order valence-electron chi connectivity index (χ4n) is 2.18. The molecule has 5 nitrogen and oxygen atoms in total. The van der Waals surface area contributed by atoms with Crippen LogP contribution in [0.25, 0.3) is 0 Å². The fourth-order valence-corrected chi connectivity index (χ4v) is 2.18. The highest BCUT2D eigenvalue weighted by Crippen LogP contribution is 2.22. The predicted molar refractivity (Wildman–Crippen MR) is 91.4 cm³/mol. The minimum Gasteiger partial charge on any atom is -0.396 e. The number of nitrogens with one attached hydrogen (secondary N) is 2. The van der Waals surface area contributed by atoms with Crippen molar-refractivity contribution in [3.63, 3.8) is 0 Å². The normalized spacial score (nSPS) is 12.6. The smallest absolute Gasteiger partial charge is 0.251 e. The maximum atomic E-state index is 12.0. The molecule has 1 rings (SSSR count). The van der Waals surface area contributed by atoms with E-state index in [9.17, 15) is 9.59 Å². The van der Waals surface area contributed by atoms with Crippen LogP contribution in [0.4, 0.5) is 0 Å². The number of aliphatic hydroxyl groups excluding tert-OH is 1. The van der Waals surface area contributed by atoms with E-state index >= 15 is 0 Å². The Kier molecular flexibility index (Phi) is 7.23. The molecule has 0 spiro atoms. The summed E-state index contributed by atoms with van der Waals surface area (Å²) in [7, 11) is 0. The Morgan fingerprint density at radius 3 is 2.30 bits per heavy atom. The van der Waals surface area contributed by atoms with Crippen molar-refractivity contribution in [1.82, 2.24) is 10.6 Å². The first kappa shape index (κ1) is 19.2. The fraction of sp³-hybridized carbons (Fsp3) is 0.556. The van der Waals surface area contributed by atoms with Gasteiger partial charge in [-0.25, -0.2) is 0 Å². The summed E-state index contributed by atoms with van der Waals surface area (Å²) in [5.74, 6) is -0.487. The van der Waals surface area contributed by atoms with Crippen LogP contribution in [0.1, 0.15) is 56.5 Å². The molecule has 128 valence electrons. The molecule has 2 amide bonds. The van der Waals surface area contributed by atoms with Crippen molar-refractivity contribution >= 4 is 11.8 Å². The van der Waals surface area contributed by atoms with Crippen molar-refractivity contribution < 1.29 is 14.7 Å². The summed E-state index contributed by atoms with van der Waals surface area (Å²) in [6.45, 7) is 8.28. The summed E-state index contributed by atoms with van der Waals surface area (Å²) >= 11 is 0. The van der Waals surface area contributed by atoms with Crippen molar-refractivity contribution in [3.05, 3.63) is 35.4 Å². The molecule has 1 aromatic carbocycles. The molecule has 5 heteroatoms. The Hall–Kier alpha value is -1.88. The van der Waals surface area contributed by atoms with Gasteiger partial charge < -0.3 is 15.7 Å². The second kappa shape index (κ2) is 8.67. The lowest BCUT2D eigenvalue weighted by Crippen LogP contribution is -2.40. The average molecular weight is 320 g/mol. The summed E-state index contributed by atoms with van der Waals surface area (Å²) in [4.78, 5) is 23.8. The van der Waals surface area contributed by atoms with Gasteiger partial charge in [0.1, 0.15) is 0 Å². The van der Waals surface area contributed by atoms with E-state index in [1.54, 1.807) is 12.1 Å². The molecule has 1 unspecified atom stereocenters. The van der Waals surface area contributed by atoms with Gasteiger partial charge in [0, 0.05) is 18.2 Å². The molecule has 3 N–H and O–H groups in total. The van der Waals surface area contributed by atoms with Gasteiger partial charge >= 0.3 is 0 Å². The van der Waals surface area contributed by atoms with Crippen molar-refractivity contribution in [2.75, 3.05) is 13.2 Å². The SMILES string of the molecule is CC(CCCO)NC(=O)CNC(=O)c1ccc(C(C)(C)C)cc1. The van der Waals surface area contributed by atoms with Crippen LogP contribution in [-0.2, 0) is 10.2 Å². The predicted octanol–water partition coefficient (Wildman–Crippen LogP) is 1.99. The lowest BCUT2D eigenvalue weighted by Gasteiger charge is -2.19. The maximum absolute atomic E-state index is 12.0. The van der Waals surface area contributed by atoms with E-state index in [2.05, 4.69) is 31.4 Å². The molecular weight excluding hydrogens is 292 g/mol. The van der Waals surface area contributed by atoms with Gasteiger partial charge in [-0.15, -0.1) is 0 Å². The second-order valence-electron chi connectivity index (χ2n) is 6.84. The summed E-state index contributed by atoms with van der Waals surface area (Å²) < 4.78 is 0. The van der Waals surface area contributed by atoms with E-state index < -0.39 is 0 Å². The Morgan fingerprint density at radius 1 is 1.17 bits per heavy atom. The van der Waals surface area contributed by atoms with Gasteiger partial charge in [0.2, 0.25) is 5.91 Å². The quantitative estimate of drug-likeness (QED) is 0.719. The molecule has 0 radical (unpaired) electrons. The summed E-state index contributed by atoms with van der Waals surface area (Å²) in [6, 6.07) is 7.41. The molecular formula is C18H28N2O3. The lowest BCUT2D eigenvalue weighted by molar-refractivity contribution is -0.120. The summed E-state index contributed by atoms with van der Waals surface area (Å²) in [6.07, 6.45) is 1.36. The molecule has 0 saturated heterocycles. The number of aliphatic hydroxyl groups is 1. The van der Waals surface area contributed by atoms with E-state index in [1.165, 1.54) is 0 Å². The third-order valence-electron chi connectivity index (χ3n) is 3.63. The third-order valence-corrected chi connectivity index (χ3v) is 3.63. The van der Waals surface area contributed by atoms with Crippen LogP contribution in [0.15, 0.2) is 24.3 Å². The molecule has 0 aliphatic carbocycles. The maximum Gasteiger partial charge on any atom is 0.251 e. The number of benzene rings is 1. The number of carbonyl (C=O) groups excluding carboxylic acids is 2. The van der Waals surface area contributed by atoms with Crippen molar-refractivity contribution in [1.29, 1.82) is 0 Å². The number of amides is 2. The molecule has 0 heterocycles. The molecule has 0 aliphatic heterocycles. The highest BCUT2D eigenvalue weighted by atomic mass is 16.3. The van der Waals surface area contributed by atoms with Gasteiger partial charge in [-0.05, 0) is 42.9 Å². The second-order valence-corrected chi connectivity index (χ2v) is 6.84. The van der Waals surface area contributed by atoms with Gasteiger partial charge in [-0.2, -0.15) is 0 Å². The van der Waals surface area contributed by atoms with Crippen LogP contribution < -0.4 is 10.6 Å². The van der Waals surface area contributed by atoms with E-state index in [1.807, 2.05) is 19.1 Å². The third kappa shape index (κ3) is 6.82. The van der Waals surface area contributed by atoms with Crippen molar-refractivity contribution in [3.8, 4) is 0 Å². The Balaban J connectivity index is 2.46. The Morgan fingerprint density at radius 2 is 1.78 bits per heavy atom. The first-order valence-electron chi connectivity index (χ1n) is 8.03. The minimum atomic E-state index is -0.261. The molecule has 0 fully saturated rings. The van der Waals surface area contributed by atoms with Crippen LogP contribution in [0.2, 0.25) is 0 Å². The lowest BCUT2D eigenvalue weighted by atomic mass is 9.87. The largest absolute Gasteiger partial charge is 0.396 e. The van der Waals surface area contributed by atoms with Gasteiger partial charge in [0.15, 0.2) is 0 Å². The molecule has 1 atom stereocenters. The Bertz CT molecular complexity index is 518. The van der Waals surface area contributed by atoms with Crippen LogP contribution in [0.5, 0.6) is 0 Å². The highest BCUT2D eigenvalue weighted by Gasteiger charge is 2.15. The summed E-state index contributed by atoms with van der Waals surface area (Å²) in [5.41, 5.74) is 1.74. The Labute approximate surface area is 138 Å². The van der Waals surface area contributed by atoms with Crippen molar-refractivity contribution in [2.45, 2.75) is 52.0 Å². The monoisotopic (exact) mass is 320 g/mol. The van der Waals surface area contributed by atoms with Crippen LogP contribution in [0, 0.1) is 0 Å². The zero-order valence-corrected chi connectivity index (χ0v) is 14.5. The topological polar surface area (TPSA) is 78.4 Å². The zero-order chi connectivity index (χ0) is 17.5. The van der Waals surface area contributed by atoms with Crippen LogP contribution >= 0.6 is 0 Å². The number of hydrogen-bond donors (Lipinski definition) is 3. The van der Waals surface area contributed by atoms with E-state index in [-0.39, 0.29) is 36.4 Å². The standard InChI is InChI=1S/C18H28N2O3/c1-13(6-5-11-21)20-16(22)12-19-17(23)14-7-9-15(10-8-14)18(2,3)4/h7-10,13,21H,5-6,11-12H2,1-4H3,(H,19,23)(H,20,22). The molecule has 0 aromatic heterocycles. The highest BCUT2D eigenvalue weighted by molar-refractivity contribution is 5.96. The summed E-state index contributed by atoms with van der Waals surface area (Å²) in [5, 5.41) is 14.2. The van der Waals surface area contributed by atoms with Gasteiger partial charge in [-0.3, -0.25) is 9.59 Å². The van der Waals surface area contributed by atoms with Gasteiger partial charge in [0.25, 0.3) is 5.91 Å². The van der Waals surface area contributed by atoms with Crippen molar-refractivity contribution in [2.24, 2.45) is 0 Å². The van der Waals surface area contributed by atoms with Gasteiger partial charge in [-0.1, -0.05) is 32.9 Å². The minimum absolute atomic E-state index is 0.0161. The van der Waals surface area contributed by atoms with Crippen LogP contribution in [-0.4, -0.2) is 36.1 Å².